The van der Waals surface area contributed by atoms with Gasteiger partial charge in [-0.05, 0) is 25.0 Å². The molecule has 0 spiro atoms. The van der Waals surface area contributed by atoms with Crippen LogP contribution in [0.2, 0.25) is 0 Å². The van der Waals surface area contributed by atoms with E-state index in [1.54, 1.807) is 0 Å². The van der Waals surface area contributed by atoms with E-state index in [1.807, 2.05) is 7.11 Å². The van der Waals surface area contributed by atoms with Crippen LogP contribution in [0, 0.1) is 0 Å². The van der Waals surface area contributed by atoms with Crippen LogP contribution in [0.4, 0.5) is 0 Å². The molecule has 0 fully saturated rings. The molecule has 0 saturated heterocycles. The first-order valence-corrected chi connectivity index (χ1v) is 8.85. The largest absolute Gasteiger partial charge is 0.236 e. The molecule has 0 aliphatic carbocycles. The maximum Gasteiger partial charge on any atom is 0.177 e. The van der Waals surface area contributed by atoms with Gasteiger partial charge >= 0.3 is 0 Å². The summed E-state index contributed by atoms with van der Waals surface area (Å²) in [7, 11) is 0.546. The molecular weight excluding hydrogens is 227 g/mol. The molecular formula is C15H26OP+. The van der Waals surface area contributed by atoms with Gasteiger partial charge in [0.2, 0.25) is 0 Å². The van der Waals surface area contributed by atoms with Crippen LogP contribution in [0.5, 0.6) is 0 Å². The van der Waals surface area contributed by atoms with Gasteiger partial charge in [-0.25, -0.2) is 4.52 Å². The molecule has 1 aromatic carbocycles. The van der Waals surface area contributed by atoms with Gasteiger partial charge in [0, 0.05) is 0 Å². The standard InChI is InChI=1S/C15H26OP/c1-4-6-13-17(16-3,14-7-5-2)15-11-9-8-10-12-15/h8-12H,4-7,13-14H2,1-3H3/q+1. The van der Waals surface area contributed by atoms with E-state index in [0.717, 1.165) is 0 Å². The summed E-state index contributed by atoms with van der Waals surface area (Å²) in [6.07, 6.45) is 7.54. The molecule has 96 valence electrons. The molecule has 17 heavy (non-hydrogen) atoms. The van der Waals surface area contributed by atoms with Gasteiger partial charge in [0.15, 0.2) is 7.49 Å². The number of rotatable bonds is 8. The van der Waals surface area contributed by atoms with Crippen molar-refractivity contribution >= 4 is 12.8 Å². The summed E-state index contributed by atoms with van der Waals surface area (Å²) in [5, 5.41) is 1.45. The Balaban J connectivity index is 2.89. The van der Waals surface area contributed by atoms with Crippen molar-refractivity contribution in [1.82, 2.24) is 0 Å². The molecule has 0 amide bonds. The van der Waals surface area contributed by atoms with Gasteiger partial charge in [-0.2, -0.15) is 0 Å². The van der Waals surface area contributed by atoms with Crippen LogP contribution in [-0.4, -0.2) is 19.4 Å². The molecule has 0 aliphatic heterocycles. The van der Waals surface area contributed by atoms with Crippen LogP contribution in [0.1, 0.15) is 39.5 Å². The van der Waals surface area contributed by atoms with E-state index in [-0.39, 0.29) is 0 Å². The predicted octanol–water partition coefficient (Wildman–Crippen LogP) is 4.49. The molecule has 0 heterocycles. The molecule has 1 rings (SSSR count). The third-order valence-electron chi connectivity index (χ3n) is 3.32. The molecule has 2 heteroatoms. The fourth-order valence-corrected chi connectivity index (χ4v) is 5.87. The lowest BCUT2D eigenvalue weighted by Gasteiger charge is -2.24. The fourth-order valence-electron chi connectivity index (χ4n) is 2.18. The van der Waals surface area contributed by atoms with Crippen LogP contribution in [0.3, 0.4) is 0 Å². The summed E-state index contributed by atoms with van der Waals surface area (Å²) in [5.41, 5.74) is 0. The minimum atomic E-state index is -1.36. The zero-order chi connectivity index (χ0) is 12.6. The zero-order valence-corrected chi connectivity index (χ0v) is 12.4. The average molecular weight is 253 g/mol. The van der Waals surface area contributed by atoms with Gasteiger partial charge in [0.05, 0.1) is 19.4 Å². The first-order chi connectivity index (χ1) is 8.29. The van der Waals surface area contributed by atoms with Crippen LogP contribution in [0.25, 0.3) is 0 Å². The van der Waals surface area contributed by atoms with E-state index in [0.29, 0.717) is 0 Å². The first-order valence-electron chi connectivity index (χ1n) is 6.77. The van der Waals surface area contributed by atoms with Crippen molar-refractivity contribution in [2.45, 2.75) is 39.5 Å². The number of unbranched alkanes of at least 4 members (excludes halogenated alkanes) is 2. The topological polar surface area (TPSA) is 9.23 Å². The molecule has 0 N–H and O–H groups in total. The van der Waals surface area contributed by atoms with Gasteiger partial charge in [0.1, 0.15) is 5.30 Å². The van der Waals surface area contributed by atoms with Gasteiger partial charge in [-0.3, -0.25) is 0 Å². The van der Waals surface area contributed by atoms with Gasteiger partial charge in [0.25, 0.3) is 0 Å². The Bertz CT molecular complexity index is 289. The van der Waals surface area contributed by atoms with Crippen molar-refractivity contribution in [2.24, 2.45) is 0 Å². The van der Waals surface area contributed by atoms with Crippen molar-refractivity contribution in [3.8, 4) is 0 Å². The Kier molecular flexibility index (Phi) is 6.77. The van der Waals surface area contributed by atoms with Crippen LogP contribution in [0.15, 0.2) is 30.3 Å². The lowest BCUT2D eigenvalue weighted by molar-refractivity contribution is 0.448. The molecule has 0 unspecified atom stereocenters. The summed E-state index contributed by atoms with van der Waals surface area (Å²) >= 11 is 0. The minimum Gasteiger partial charge on any atom is -0.236 e. The van der Waals surface area contributed by atoms with Crippen LogP contribution >= 0.6 is 7.49 Å². The molecule has 0 saturated carbocycles. The summed E-state index contributed by atoms with van der Waals surface area (Å²) < 4.78 is 6.04. The second-order valence-electron chi connectivity index (χ2n) is 4.56. The fraction of sp³-hybridized carbons (Fsp3) is 0.600. The average Bonchev–Trinajstić information content (AvgIpc) is 2.41. The SMILES string of the molecule is CCCC[P+](CCCC)(OC)c1ccccc1. The predicted molar refractivity (Wildman–Crippen MR) is 79.6 cm³/mol. The zero-order valence-electron chi connectivity index (χ0n) is 11.5. The first kappa shape index (κ1) is 14.7. The minimum absolute atomic E-state index is 1.24. The molecule has 1 nitrogen and oxygen atoms in total. The van der Waals surface area contributed by atoms with Crippen LogP contribution < -0.4 is 5.30 Å². The number of benzene rings is 1. The van der Waals surface area contributed by atoms with Gasteiger partial charge in [-0.1, -0.05) is 44.9 Å². The Morgan fingerprint density at radius 2 is 1.47 bits per heavy atom. The van der Waals surface area contributed by atoms with E-state index in [9.17, 15) is 0 Å². The molecule has 0 aromatic heterocycles. The molecule has 0 atom stereocenters. The Morgan fingerprint density at radius 1 is 0.941 bits per heavy atom. The maximum absolute atomic E-state index is 6.04. The Morgan fingerprint density at radius 3 is 1.88 bits per heavy atom. The summed E-state index contributed by atoms with van der Waals surface area (Å²) in [6.45, 7) is 4.52. The van der Waals surface area contributed by atoms with Crippen molar-refractivity contribution in [2.75, 3.05) is 19.4 Å². The lowest BCUT2D eigenvalue weighted by atomic mass is 10.4. The summed E-state index contributed by atoms with van der Waals surface area (Å²) in [4.78, 5) is 0. The van der Waals surface area contributed by atoms with Gasteiger partial charge < -0.3 is 0 Å². The molecule has 1 aromatic rings. The third kappa shape index (κ3) is 4.08. The summed E-state index contributed by atoms with van der Waals surface area (Å²) in [6, 6.07) is 10.9. The van der Waals surface area contributed by atoms with Crippen molar-refractivity contribution in [3.63, 3.8) is 0 Å². The van der Waals surface area contributed by atoms with Crippen LogP contribution in [-0.2, 0) is 4.52 Å². The highest BCUT2D eigenvalue weighted by molar-refractivity contribution is 7.78. The Labute approximate surface area is 107 Å². The molecule has 0 radical (unpaired) electrons. The highest BCUT2D eigenvalue weighted by Gasteiger charge is 2.39. The van der Waals surface area contributed by atoms with Crippen molar-refractivity contribution in [3.05, 3.63) is 30.3 Å². The maximum atomic E-state index is 6.04. The van der Waals surface area contributed by atoms with Gasteiger partial charge in [-0.15, -0.1) is 0 Å². The number of hydrogen-bond acceptors (Lipinski definition) is 1. The van der Waals surface area contributed by atoms with E-state index >= 15 is 0 Å². The number of hydrogen-bond donors (Lipinski definition) is 0. The third-order valence-corrected chi connectivity index (χ3v) is 7.34. The summed E-state index contributed by atoms with van der Waals surface area (Å²) in [5.74, 6) is 0. The van der Waals surface area contributed by atoms with E-state index < -0.39 is 7.49 Å². The highest BCUT2D eigenvalue weighted by atomic mass is 31.2. The normalized spacial score (nSPS) is 11.7. The molecule has 0 bridgehead atoms. The van der Waals surface area contributed by atoms with Crippen molar-refractivity contribution in [1.29, 1.82) is 0 Å². The van der Waals surface area contributed by atoms with Crippen molar-refractivity contribution < 1.29 is 4.52 Å². The highest BCUT2D eigenvalue weighted by Crippen LogP contribution is 2.59. The van der Waals surface area contributed by atoms with E-state index in [1.165, 1.54) is 43.3 Å². The second-order valence-corrected chi connectivity index (χ2v) is 8.12. The smallest absolute Gasteiger partial charge is 0.177 e. The van der Waals surface area contributed by atoms with E-state index in [2.05, 4.69) is 44.2 Å². The second kappa shape index (κ2) is 7.84. The quantitative estimate of drug-likeness (QED) is 0.620. The lowest BCUT2D eigenvalue weighted by Crippen LogP contribution is -2.19. The Hall–Kier alpha value is -0.390. The van der Waals surface area contributed by atoms with E-state index in [4.69, 9.17) is 4.52 Å². The molecule has 0 aliphatic rings. The monoisotopic (exact) mass is 253 g/mol.